The summed E-state index contributed by atoms with van der Waals surface area (Å²) in [5, 5.41) is 13.3. The summed E-state index contributed by atoms with van der Waals surface area (Å²) in [7, 11) is 1.47. The predicted molar refractivity (Wildman–Crippen MR) is 110 cm³/mol. The molecule has 1 aromatic carbocycles. The number of aromatic hydroxyl groups is 1. The molecular weight excluding hydrogens is 370 g/mol. The number of nitrogens with one attached hydrogen (secondary N) is 1. The first-order chi connectivity index (χ1) is 13.7. The Bertz CT molecular complexity index is 910. The van der Waals surface area contributed by atoms with Crippen LogP contribution in [0.4, 0.5) is 0 Å². The molecule has 6 nitrogen and oxygen atoms in total. The Morgan fingerprint density at radius 1 is 1.31 bits per heavy atom. The molecule has 0 fully saturated rings. The third-order valence-corrected chi connectivity index (χ3v) is 5.43. The molecule has 1 aliphatic carbocycles. The lowest BCUT2D eigenvalue weighted by molar-refractivity contribution is -0.139. The zero-order chi connectivity index (χ0) is 21.3. The number of methoxy groups -OCH3 is 1. The topological polar surface area (TPSA) is 84.9 Å². The van der Waals surface area contributed by atoms with E-state index >= 15 is 0 Å². The van der Waals surface area contributed by atoms with Crippen molar-refractivity contribution in [2.75, 3.05) is 13.7 Å². The first-order valence-corrected chi connectivity index (χ1v) is 9.96. The lowest BCUT2D eigenvalue weighted by atomic mass is 9.68. The summed E-state index contributed by atoms with van der Waals surface area (Å²) >= 11 is 0. The summed E-state index contributed by atoms with van der Waals surface area (Å²) in [4.78, 5) is 26.1. The number of carbonyl (C=O) groups is 2. The van der Waals surface area contributed by atoms with Gasteiger partial charge in [0.1, 0.15) is 0 Å². The Morgan fingerprint density at radius 3 is 2.69 bits per heavy atom. The maximum Gasteiger partial charge on any atom is 0.336 e. The molecule has 0 unspecified atom stereocenters. The van der Waals surface area contributed by atoms with E-state index in [1.807, 2.05) is 13.8 Å². The molecule has 0 spiro atoms. The molecule has 0 radical (unpaired) electrons. The Hall–Kier alpha value is -2.76. The molecule has 29 heavy (non-hydrogen) atoms. The van der Waals surface area contributed by atoms with E-state index in [0.29, 0.717) is 54.0 Å². The normalized spacial score (nSPS) is 20.9. The van der Waals surface area contributed by atoms with Gasteiger partial charge in [0.15, 0.2) is 17.3 Å². The van der Waals surface area contributed by atoms with E-state index in [0.717, 1.165) is 5.70 Å². The average molecular weight is 399 g/mol. The highest BCUT2D eigenvalue weighted by molar-refractivity contribution is 6.04. The highest BCUT2D eigenvalue weighted by Crippen LogP contribution is 2.47. The van der Waals surface area contributed by atoms with E-state index in [-0.39, 0.29) is 16.9 Å². The molecule has 0 saturated carbocycles. The van der Waals surface area contributed by atoms with Gasteiger partial charge in [0.2, 0.25) is 0 Å². The SMILES string of the molecule is CCCOC(=O)C1=C(C)NC2=C(C(=O)CC(C)(C)C2)[C@@H]1c1ccc(O)c(OC)c1. The molecule has 0 amide bonds. The smallest absolute Gasteiger partial charge is 0.336 e. The van der Waals surface area contributed by atoms with Gasteiger partial charge in [-0.2, -0.15) is 0 Å². The first kappa shape index (κ1) is 21.0. The van der Waals surface area contributed by atoms with E-state index in [1.165, 1.54) is 13.2 Å². The van der Waals surface area contributed by atoms with Crippen LogP contribution in [0.15, 0.2) is 40.7 Å². The van der Waals surface area contributed by atoms with Crippen LogP contribution in [0, 0.1) is 5.41 Å². The van der Waals surface area contributed by atoms with Gasteiger partial charge in [-0.3, -0.25) is 4.79 Å². The van der Waals surface area contributed by atoms with Gasteiger partial charge >= 0.3 is 5.97 Å². The van der Waals surface area contributed by atoms with Gasteiger partial charge < -0.3 is 19.9 Å². The van der Waals surface area contributed by atoms with E-state index < -0.39 is 11.9 Å². The van der Waals surface area contributed by atoms with E-state index in [1.54, 1.807) is 12.1 Å². The molecule has 1 aromatic rings. The van der Waals surface area contributed by atoms with Crippen molar-refractivity contribution in [2.45, 2.75) is 52.9 Å². The van der Waals surface area contributed by atoms with E-state index in [9.17, 15) is 14.7 Å². The molecule has 0 aromatic heterocycles. The van der Waals surface area contributed by atoms with Crippen molar-refractivity contribution in [1.82, 2.24) is 5.32 Å². The largest absolute Gasteiger partial charge is 0.504 e. The molecule has 2 N–H and O–H groups in total. The van der Waals surface area contributed by atoms with Crippen LogP contribution in [0.1, 0.15) is 58.4 Å². The van der Waals surface area contributed by atoms with E-state index in [4.69, 9.17) is 9.47 Å². The molecule has 6 heteroatoms. The van der Waals surface area contributed by atoms with E-state index in [2.05, 4.69) is 19.2 Å². The van der Waals surface area contributed by atoms with Crippen molar-refractivity contribution < 1.29 is 24.2 Å². The molecule has 2 aliphatic rings. The lowest BCUT2D eigenvalue weighted by Gasteiger charge is -2.39. The molecule has 0 saturated heterocycles. The summed E-state index contributed by atoms with van der Waals surface area (Å²) < 4.78 is 10.7. The van der Waals surface area contributed by atoms with Crippen molar-refractivity contribution in [2.24, 2.45) is 5.41 Å². The van der Waals surface area contributed by atoms with Crippen LogP contribution in [0.3, 0.4) is 0 Å². The second kappa shape index (κ2) is 7.93. The standard InChI is InChI=1S/C23H29NO5/c1-6-9-29-22(27)19-13(2)24-15-11-23(3,4)12-17(26)21(15)20(19)14-7-8-16(25)18(10-14)28-5/h7-8,10,20,24-25H,6,9,11-12H2,1-5H3/t20-/m1/s1. The molecule has 156 valence electrons. The number of dihydropyridines is 1. The Labute approximate surface area is 171 Å². The molecule has 3 rings (SSSR count). The Balaban J connectivity index is 2.17. The maximum atomic E-state index is 13.2. The Morgan fingerprint density at radius 2 is 2.03 bits per heavy atom. The van der Waals surface area contributed by atoms with Crippen LogP contribution in [0.25, 0.3) is 0 Å². The summed E-state index contributed by atoms with van der Waals surface area (Å²) in [6.45, 7) is 8.22. The van der Waals surface area contributed by atoms with Crippen molar-refractivity contribution >= 4 is 11.8 Å². The number of hydrogen-bond donors (Lipinski definition) is 2. The second-order valence-corrected chi connectivity index (χ2v) is 8.50. The van der Waals surface area contributed by atoms with Crippen LogP contribution < -0.4 is 10.1 Å². The number of allylic oxidation sites excluding steroid dienone is 3. The Kier molecular flexibility index (Phi) is 5.73. The van der Waals surface area contributed by atoms with Gasteiger partial charge in [-0.15, -0.1) is 0 Å². The van der Waals surface area contributed by atoms with Gasteiger partial charge in [-0.1, -0.05) is 26.8 Å². The number of carbonyl (C=O) groups excluding carboxylic acids is 2. The van der Waals surface area contributed by atoms with Crippen LogP contribution in [-0.2, 0) is 14.3 Å². The number of Topliss-reactive ketones (excluding diaryl/α,β-unsaturated/α-hetero) is 1. The van der Waals surface area contributed by atoms with Crippen molar-refractivity contribution in [3.8, 4) is 11.5 Å². The van der Waals surface area contributed by atoms with Crippen LogP contribution in [0.5, 0.6) is 11.5 Å². The fraction of sp³-hybridized carbons (Fsp3) is 0.478. The second-order valence-electron chi connectivity index (χ2n) is 8.50. The third-order valence-electron chi connectivity index (χ3n) is 5.43. The fourth-order valence-corrected chi connectivity index (χ4v) is 4.19. The maximum absolute atomic E-state index is 13.2. The van der Waals surface area contributed by atoms with Gasteiger partial charge in [-0.25, -0.2) is 4.79 Å². The summed E-state index contributed by atoms with van der Waals surface area (Å²) in [6, 6.07) is 4.94. The number of phenols is 1. The van der Waals surface area contributed by atoms with Crippen LogP contribution >= 0.6 is 0 Å². The minimum Gasteiger partial charge on any atom is -0.504 e. The van der Waals surface area contributed by atoms with Crippen molar-refractivity contribution in [3.63, 3.8) is 0 Å². The highest BCUT2D eigenvalue weighted by atomic mass is 16.5. The number of ether oxygens (including phenoxy) is 2. The number of benzene rings is 1. The summed E-state index contributed by atoms with van der Waals surface area (Å²) in [5.41, 5.74) is 3.13. The van der Waals surface area contributed by atoms with Crippen molar-refractivity contribution in [1.29, 1.82) is 0 Å². The van der Waals surface area contributed by atoms with Gasteiger partial charge in [0.25, 0.3) is 0 Å². The van der Waals surface area contributed by atoms with Gasteiger partial charge in [-0.05, 0) is 42.9 Å². The first-order valence-electron chi connectivity index (χ1n) is 9.96. The average Bonchev–Trinajstić information content (AvgIpc) is 2.64. The monoisotopic (exact) mass is 399 g/mol. The molecule has 1 heterocycles. The number of rotatable bonds is 5. The number of esters is 1. The van der Waals surface area contributed by atoms with Crippen LogP contribution in [0.2, 0.25) is 0 Å². The lowest BCUT2D eigenvalue weighted by Crippen LogP contribution is -2.38. The summed E-state index contributed by atoms with van der Waals surface area (Å²) in [5.74, 6) is -0.669. The zero-order valence-electron chi connectivity index (χ0n) is 17.7. The highest BCUT2D eigenvalue weighted by Gasteiger charge is 2.43. The number of ketones is 1. The minimum atomic E-state index is -0.561. The molecule has 0 bridgehead atoms. The molecule has 1 aliphatic heterocycles. The van der Waals surface area contributed by atoms with Crippen LogP contribution in [-0.4, -0.2) is 30.6 Å². The summed E-state index contributed by atoms with van der Waals surface area (Å²) in [6.07, 6.45) is 1.84. The number of phenolic OH excluding ortho intramolecular Hbond substituents is 1. The molecular formula is C23H29NO5. The molecule has 1 atom stereocenters. The fourth-order valence-electron chi connectivity index (χ4n) is 4.19. The predicted octanol–water partition coefficient (Wildman–Crippen LogP) is 3.96. The minimum absolute atomic E-state index is 0.00584. The quantitative estimate of drug-likeness (QED) is 0.729. The van der Waals surface area contributed by atoms with Crippen molar-refractivity contribution in [3.05, 3.63) is 46.3 Å². The zero-order valence-corrected chi connectivity index (χ0v) is 17.7. The number of hydrogen-bond acceptors (Lipinski definition) is 6. The van der Waals surface area contributed by atoms with Gasteiger partial charge in [0, 0.05) is 29.3 Å². The van der Waals surface area contributed by atoms with Gasteiger partial charge in [0.05, 0.1) is 19.3 Å². The third kappa shape index (κ3) is 4.02.